The van der Waals surface area contributed by atoms with Crippen molar-refractivity contribution in [2.24, 2.45) is 0 Å². The van der Waals surface area contributed by atoms with Crippen LogP contribution in [0, 0.1) is 0 Å². The lowest BCUT2D eigenvalue weighted by Crippen LogP contribution is -2.51. The first kappa shape index (κ1) is 17.1. The van der Waals surface area contributed by atoms with E-state index in [0.29, 0.717) is 49.3 Å². The smallest absolute Gasteiger partial charge is 0.408 e. The molecule has 2 amide bonds. The minimum atomic E-state index is -0.542. The van der Waals surface area contributed by atoms with Gasteiger partial charge in [-0.1, -0.05) is 30.3 Å². The standard InChI is InChI=1S/C20H19N3O4/c24-18(12-14-4-2-1-3-5-14)22-8-10-23(11-9-22)19(25)15-6-7-16-17(13-15)27-20(26)21-16/h1-7,13H,8-12H2,(H,21,26). The van der Waals surface area contributed by atoms with E-state index in [1.807, 2.05) is 30.3 Å². The van der Waals surface area contributed by atoms with Gasteiger partial charge < -0.3 is 14.2 Å². The van der Waals surface area contributed by atoms with Gasteiger partial charge in [0.1, 0.15) is 0 Å². The number of nitrogens with zero attached hydrogens (tertiary/aromatic N) is 2. The highest BCUT2D eigenvalue weighted by molar-refractivity contribution is 5.97. The van der Waals surface area contributed by atoms with Crippen molar-refractivity contribution in [1.82, 2.24) is 14.8 Å². The number of oxazole rings is 1. The van der Waals surface area contributed by atoms with Gasteiger partial charge >= 0.3 is 5.76 Å². The summed E-state index contributed by atoms with van der Waals surface area (Å²) in [5.41, 5.74) is 2.38. The van der Waals surface area contributed by atoms with E-state index in [2.05, 4.69) is 4.98 Å². The molecule has 27 heavy (non-hydrogen) atoms. The lowest BCUT2D eigenvalue weighted by molar-refractivity contribution is -0.131. The molecule has 138 valence electrons. The molecule has 1 saturated heterocycles. The van der Waals surface area contributed by atoms with Gasteiger partial charge in [0.25, 0.3) is 5.91 Å². The van der Waals surface area contributed by atoms with E-state index < -0.39 is 5.76 Å². The number of aromatic nitrogens is 1. The van der Waals surface area contributed by atoms with Crippen LogP contribution in [0.5, 0.6) is 0 Å². The van der Waals surface area contributed by atoms with Gasteiger partial charge in [0.2, 0.25) is 5.91 Å². The summed E-state index contributed by atoms with van der Waals surface area (Å²) in [5.74, 6) is -0.597. The molecule has 1 aliphatic heterocycles. The summed E-state index contributed by atoms with van der Waals surface area (Å²) in [7, 11) is 0. The van der Waals surface area contributed by atoms with E-state index >= 15 is 0 Å². The van der Waals surface area contributed by atoms with Gasteiger partial charge in [-0.25, -0.2) is 4.79 Å². The highest BCUT2D eigenvalue weighted by Gasteiger charge is 2.25. The summed E-state index contributed by atoms with van der Waals surface area (Å²) in [6.07, 6.45) is 0.373. The molecule has 2 aromatic carbocycles. The van der Waals surface area contributed by atoms with Gasteiger partial charge in [0.15, 0.2) is 5.58 Å². The number of piperazine rings is 1. The van der Waals surface area contributed by atoms with Crippen LogP contribution in [0.25, 0.3) is 11.1 Å². The number of carbonyl (C=O) groups excluding carboxylic acids is 2. The van der Waals surface area contributed by atoms with Crippen LogP contribution in [0.1, 0.15) is 15.9 Å². The molecule has 7 nitrogen and oxygen atoms in total. The number of hydrogen-bond acceptors (Lipinski definition) is 4. The summed E-state index contributed by atoms with van der Waals surface area (Å²) in [4.78, 5) is 42.5. The number of nitrogens with one attached hydrogen (secondary N) is 1. The number of fused-ring (bicyclic) bond motifs is 1. The average molecular weight is 365 g/mol. The van der Waals surface area contributed by atoms with Crippen LogP contribution in [-0.4, -0.2) is 52.8 Å². The molecular formula is C20H19N3O4. The highest BCUT2D eigenvalue weighted by Crippen LogP contribution is 2.16. The SMILES string of the molecule is O=C(Cc1ccccc1)N1CCN(C(=O)c2ccc3[nH]c(=O)oc3c2)CC1. The first-order chi connectivity index (χ1) is 13.1. The Hall–Kier alpha value is -3.35. The Kier molecular flexibility index (Phi) is 4.50. The third-order valence-electron chi connectivity index (χ3n) is 4.79. The molecule has 4 rings (SSSR count). The second-order valence-corrected chi connectivity index (χ2v) is 6.56. The maximum absolute atomic E-state index is 12.7. The zero-order valence-corrected chi connectivity index (χ0v) is 14.7. The number of carbonyl (C=O) groups is 2. The Morgan fingerprint density at radius 1 is 0.963 bits per heavy atom. The van der Waals surface area contributed by atoms with Crippen LogP contribution in [0.4, 0.5) is 0 Å². The number of hydrogen-bond donors (Lipinski definition) is 1. The van der Waals surface area contributed by atoms with Crippen LogP contribution in [0.15, 0.2) is 57.7 Å². The quantitative estimate of drug-likeness (QED) is 0.765. The van der Waals surface area contributed by atoms with E-state index in [9.17, 15) is 14.4 Å². The molecule has 0 saturated carbocycles. The zero-order valence-electron chi connectivity index (χ0n) is 14.7. The topological polar surface area (TPSA) is 86.6 Å². The van der Waals surface area contributed by atoms with E-state index in [1.165, 1.54) is 0 Å². The van der Waals surface area contributed by atoms with Crippen molar-refractivity contribution in [2.45, 2.75) is 6.42 Å². The molecule has 0 radical (unpaired) electrons. The molecule has 0 spiro atoms. The fraction of sp³-hybridized carbons (Fsp3) is 0.250. The monoisotopic (exact) mass is 365 g/mol. The summed E-state index contributed by atoms with van der Waals surface area (Å²) in [6, 6.07) is 14.5. The maximum atomic E-state index is 12.7. The molecule has 1 aliphatic rings. The van der Waals surface area contributed by atoms with Gasteiger partial charge in [0.05, 0.1) is 11.9 Å². The summed E-state index contributed by atoms with van der Waals surface area (Å²) < 4.78 is 5.02. The lowest BCUT2D eigenvalue weighted by atomic mass is 10.1. The van der Waals surface area contributed by atoms with Crippen molar-refractivity contribution in [3.8, 4) is 0 Å². The summed E-state index contributed by atoms with van der Waals surface area (Å²) in [5, 5.41) is 0. The number of H-pyrrole nitrogens is 1. The van der Waals surface area contributed by atoms with Crippen molar-refractivity contribution >= 4 is 22.9 Å². The van der Waals surface area contributed by atoms with Crippen LogP contribution in [-0.2, 0) is 11.2 Å². The number of benzene rings is 2. The number of aromatic amines is 1. The Bertz CT molecular complexity index is 1030. The maximum Gasteiger partial charge on any atom is 0.417 e. The van der Waals surface area contributed by atoms with Gasteiger partial charge in [-0.15, -0.1) is 0 Å². The molecule has 3 aromatic rings. The number of rotatable bonds is 3. The van der Waals surface area contributed by atoms with Crippen molar-refractivity contribution in [1.29, 1.82) is 0 Å². The molecular weight excluding hydrogens is 346 g/mol. The molecule has 0 bridgehead atoms. The minimum Gasteiger partial charge on any atom is -0.408 e. The van der Waals surface area contributed by atoms with E-state index in [4.69, 9.17) is 4.42 Å². The molecule has 1 N–H and O–H groups in total. The van der Waals surface area contributed by atoms with Gasteiger partial charge in [0, 0.05) is 31.7 Å². The second-order valence-electron chi connectivity index (χ2n) is 6.56. The van der Waals surface area contributed by atoms with Crippen molar-refractivity contribution in [2.75, 3.05) is 26.2 Å². The highest BCUT2D eigenvalue weighted by atomic mass is 16.4. The van der Waals surface area contributed by atoms with Gasteiger partial charge in [-0.05, 0) is 23.8 Å². The van der Waals surface area contributed by atoms with Gasteiger partial charge in [-0.2, -0.15) is 0 Å². The van der Waals surface area contributed by atoms with E-state index in [-0.39, 0.29) is 11.8 Å². The Labute approximate surface area is 155 Å². The molecule has 1 aromatic heterocycles. The summed E-state index contributed by atoms with van der Waals surface area (Å²) >= 11 is 0. The summed E-state index contributed by atoms with van der Waals surface area (Å²) in [6.45, 7) is 1.99. The first-order valence-corrected chi connectivity index (χ1v) is 8.84. The van der Waals surface area contributed by atoms with E-state index in [1.54, 1.807) is 28.0 Å². The zero-order chi connectivity index (χ0) is 18.8. The van der Waals surface area contributed by atoms with Crippen molar-refractivity contribution in [3.05, 3.63) is 70.2 Å². The molecule has 0 atom stereocenters. The van der Waals surface area contributed by atoms with Crippen LogP contribution in [0.2, 0.25) is 0 Å². The third-order valence-corrected chi connectivity index (χ3v) is 4.79. The second kappa shape index (κ2) is 7.11. The van der Waals surface area contributed by atoms with Crippen molar-refractivity contribution < 1.29 is 14.0 Å². The Balaban J connectivity index is 1.38. The fourth-order valence-electron chi connectivity index (χ4n) is 3.30. The van der Waals surface area contributed by atoms with E-state index in [0.717, 1.165) is 5.56 Å². The third kappa shape index (κ3) is 3.62. The van der Waals surface area contributed by atoms with Crippen LogP contribution in [0.3, 0.4) is 0 Å². The minimum absolute atomic E-state index is 0.0730. The predicted molar refractivity (Wildman–Crippen MR) is 99.5 cm³/mol. The average Bonchev–Trinajstić information content (AvgIpc) is 3.07. The molecule has 2 heterocycles. The van der Waals surface area contributed by atoms with Crippen LogP contribution >= 0.6 is 0 Å². The predicted octanol–water partition coefficient (Wildman–Crippen LogP) is 1.65. The Morgan fingerprint density at radius 3 is 2.41 bits per heavy atom. The fourth-order valence-corrected chi connectivity index (χ4v) is 3.30. The molecule has 0 aliphatic carbocycles. The molecule has 7 heteroatoms. The largest absolute Gasteiger partial charge is 0.417 e. The van der Waals surface area contributed by atoms with Crippen LogP contribution < -0.4 is 5.76 Å². The normalized spacial score (nSPS) is 14.5. The lowest BCUT2D eigenvalue weighted by Gasteiger charge is -2.35. The molecule has 1 fully saturated rings. The molecule has 0 unspecified atom stereocenters. The van der Waals surface area contributed by atoms with Gasteiger partial charge in [-0.3, -0.25) is 14.6 Å². The van der Waals surface area contributed by atoms with Crippen molar-refractivity contribution in [3.63, 3.8) is 0 Å². The first-order valence-electron chi connectivity index (χ1n) is 8.84. The number of amides is 2. The Morgan fingerprint density at radius 2 is 1.67 bits per heavy atom.